The highest BCUT2D eigenvalue weighted by Gasteiger charge is 2.34. The van der Waals surface area contributed by atoms with Crippen molar-refractivity contribution in [1.82, 2.24) is 39.2 Å². The number of benzene rings is 2. The van der Waals surface area contributed by atoms with Crippen LogP contribution in [0, 0.1) is 17.5 Å². The molecule has 0 radical (unpaired) electrons. The summed E-state index contributed by atoms with van der Waals surface area (Å²) in [5, 5.41) is 15.7. The summed E-state index contributed by atoms with van der Waals surface area (Å²) in [6, 6.07) is 10.9. The lowest BCUT2D eigenvalue weighted by Crippen LogP contribution is -2.43. The zero-order chi connectivity index (χ0) is 29.0. The van der Waals surface area contributed by atoms with Gasteiger partial charge < -0.3 is 20.3 Å². The first-order valence-corrected chi connectivity index (χ1v) is 12.8. The third kappa shape index (κ3) is 6.42. The minimum atomic E-state index is -1.71. The van der Waals surface area contributed by atoms with E-state index in [1.54, 1.807) is 37.8 Å². The monoisotopic (exact) mass is 563 g/mol. The predicted octanol–water partition coefficient (Wildman–Crippen LogP) is 3.51. The minimum Gasteiger partial charge on any atom is -0.382 e. The summed E-state index contributed by atoms with van der Waals surface area (Å²) in [6.07, 6.45) is 6.60. The second-order valence-corrected chi connectivity index (χ2v) is 9.78. The quantitative estimate of drug-likeness (QED) is 0.250. The fourth-order valence-corrected chi connectivity index (χ4v) is 4.85. The summed E-state index contributed by atoms with van der Waals surface area (Å²) in [5.74, 6) is -1.82. The molecule has 10 nitrogen and oxygen atoms in total. The number of aryl methyl sites for hydroxylation is 1. The van der Waals surface area contributed by atoms with Crippen LogP contribution in [0.1, 0.15) is 12.0 Å². The average Bonchev–Trinajstić information content (AvgIpc) is 3.59. The highest BCUT2D eigenvalue weighted by molar-refractivity contribution is 5.77. The maximum absolute atomic E-state index is 14.8. The highest BCUT2D eigenvalue weighted by atomic mass is 19.1. The number of hydrogen-bond acceptors (Lipinski definition) is 8. The molecular formula is C28H28F3N9O. The lowest BCUT2D eigenvalue weighted by atomic mass is 9.92. The molecule has 0 spiro atoms. The van der Waals surface area contributed by atoms with Crippen LogP contribution >= 0.6 is 0 Å². The molecule has 5 rings (SSSR count). The summed E-state index contributed by atoms with van der Waals surface area (Å²) < 4.78 is 45.3. The number of halogens is 3. The smallest absolute Gasteiger partial charge is 0.220 e. The van der Waals surface area contributed by atoms with E-state index >= 15 is 0 Å². The predicted molar refractivity (Wildman–Crippen MR) is 145 cm³/mol. The normalized spacial score (nSPS) is 13.0. The maximum atomic E-state index is 14.8. The van der Waals surface area contributed by atoms with Gasteiger partial charge in [0.2, 0.25) is 5.95 Å². The number of aromatic nitrogens is 7. The van der Waals surface area contributed by atoms with Crippen LogP contribution in [0.25, 0.3) is 22.6 Å². The second kappa shape index (κ2) is 11.9. The third-order valence-electron chi connectivity index (χ3n) is 6.67. The molecule has 0 saturated heterocycles. The maximum Gasteiger partial charge on any atom is 0.220 e. The van der Waals surface area contributed by atoms with Crippen LogP contribution in [0.3, 0.4) is 0 Å². The van der Waals surface area contributed by atoms with Crippen molar-refractivity contribution in [3.05, 3.63) is 96.7 Å². The molecule has 0 amide bonds. The summed E-state index contributed by atoms with van der Waals surface area (Å²) in [5.41, 5.74) is 6.69. The SMILES string of the molecule is CN(CCCn1cnc(-c2ccc(F)cc2)c1-c1ccnc(N)n1)CC(O)(Cn1cncn1)c1ccc(F)cc1F. The first kappa shape index (κ1) is 27.9. The van der Waals surface area contributed by atoms with E-state index in [0.29, 0.717) is 42.2 Å². The van der Waals surface area contributed by atoms with E-state index in [1.165, 1.54) is 35.5 Å². The van der Waals surface area contributed by atoms with Gasteiger partial charge in [0.1, 0.15) is 35.7 Å². The van der Waals surface area contributed by atoms with Gasteiger partial charge in [0.05, 0.1) is 30.0 Å². The van der Waals surface area contributed by atoms with Crippen molar-refractivity contribution >= 4 is 5.95 Å². The number of nitrogen functional groups attached to an aromatic ring is 1. The summed E-state index contributed by atoms with van der Waals surface area (Å²) in [4.78, 5) is 18.7. The standard InChI is InChI=1S/C28H28F3N9O/c1-38(14-28(41,15-40-17-33-16-36-40)22-8-7-21(30)13-23(22)31)11-2-12-39-18-35-25(19-3-5-20(29)6-4-19)26(39)24-9-10-34-27(32)37-24/h3-10,13,16-18,41H,2,11-12,14-15H2,1H3,(H2,32,34,37). The number of imidazole rings is 1. The van der Waals surface area contributed by atoms with E-state index in [1.807, 2.05) is 9.47 Å². The van der Waals surface area contributed by atoms with E-state index in [2.05, 4.69) is 25.0 Å². The first-order chi connectivity index (χ1) is 19.7. The van der Waals surface area contributed by atoms with Gasteiger partial charge in [-0.15, -0.1) is 0 Å². The van der Waals surface area contributed by atoms with Gasteiger partial charge in [-0.3, -0.25) is 0 Å². The van der Waals surface area contributed by atoms with Crippen molar-refractivity contribution in [1.29, 1.82) is 0 Å². The van der Waals surface area contributed by atoms with Crippen LogP contribution in [-0.4, -0.2) is 64.4 Å². The number of aliphatic hydroxyl groups is 1. The number of nitrogens with two attached hydrogens (primary N) is 1. The molecule has 3 heterocycles. The van der Waals surface area contributed by atoms with Gasteiger partial charge in [-0.05, 0) is 56.4 Å². The molecule has 0 saturated carbocycles. The van der Waals surface area contributed by atoms with E-state index in [9.17, 15) is 18.3 Å². The Bertz CT molecular complexity index is 1610. The second-order valence-electron chi connectivity index (χ2n) is 9.78. The molecule has 3 N–H and O–H groups in total. The van der Waals surface area contributed by atoms with Gasteiger partial charge in [-0.1, -0.05) is 6.07 Å². The third-order valence-corrected chi connectivity index (χ3v) is 6.67. The van der Waals surface area contributed by atoms with Crippen molar-refractivity contribution in [2.75, 3.05) is 25.9 Å². The Hall–Kier alpha value is -4.62. The highest BCUT2D eigenvalue weighted by Crippen LogP contribution is 2.31. The van der Waals surface area contributed by atoms with Crippen molar-refractivity contribution in [3.63, 3.8) is 0 Å². The van der Waals surface area contributed by atoms with Crippen molar-refractivity contribution in [2.45, 2.75) is 25.1 Å². The molecule has 41 heavy (non-hydrogen) atoms. The van der Waals surface area contributed by atoms with Crippen LogP contribution in [0.4, 0.5) is 19.1 Å². The fourth-order valence-electron chi connectivity index (χ4n) is 4.85. The summed E-state index contributed by atoms with van der Waals surface area (Å²) in [7, 11) is 1.80. The minimum absolute atomic E-state index is 0.0372. The van der Waals surface area contributed by atoms with Gasteiger partial charge in [0.15, 0.2) is 0 Å². The molecule has 212 valence electrons. The first-order valence-electron chi connectivity index (χ1n) is 12.8. The number of nitrogens with zero attached hydrogens (tertiary/aromatic N) is 8. The molecular weight excluding hydrogens is 535 g/mol. The molecule has 0 aliphatic rings. The van der Waals surface area contributed by atoms with Crippen molar-refractivity contribution in [3.8, 4) is 22.6 Å². The molecule has 0 bridgehead atoms. The zero-order valence-electron chi connectivity index (χ0n) is 22.2. The molecule has 2 aromatic carbocycles. The Labute approximate surface area is 234 Å². The van der Waals surface area contributed by atoms with Crippen LogP contribution < -0.4 is 5.73 Å². The molecule has 5 aromatic rings. The molecule has 1 atom stereocenters. The Morgan fingerprint density at radius 2 is 1.78 bits per heavy atom. The molecule has 0 aliphatic carbocycles. The van der Waals surface area contributed by atoms with Gasteiger partial charge >= 0.3 is 0 Å². The Balaban J connectivity index is 1.34. The molecule has 1 unspecified atom stereocenters. The molecule has 0 aliphatic heterocycles. The van der Waals surface area contributed by atoms with Crippen LogP contribution in [-0.2, 0) is 18.7 Å². The molecule has 3 aromatic heterocycles. The lowest BCUT2D eigenvalue weighted by molar-refractivity contribution is -0.0161. The van der Waals surface area contributed by atoms with E-state index < -0.39 is 17.2 Å². The molecule has 0 fully saturated rings. The lowest BCUT2D eigenvalue weighted by Gasteiger charge is -2.33. The molecule has 13 heteroatoms. The fraction of sp³-hybridized carbons (Fsp3) is 0.250. The van der Waals surface area contributed by atoms with E-state index in [4.69, 9.17) is 5.73 Å². The van der Waals surface area contributed by atoms with Crippen molar-refractivity contribution in [2.24, 2.45) is 0 Å². The van der Waals surface area contributed by atoms with Crippen molar-refractivity contribution < 1.29 is 18.3 Å². The zero-order valence-corrected chi connectivity index (χ0v) is 22.2. The van der Waals surface area contributed by atoms with Crippen LogP contribution in [0.5, 0.6) is 0 Å². The average molecular weight is 564 g/mol. The van der Waals surface area contributed by atoms with Gasteiger partial charge in [-0.2, -0.15) is 5.10 Å². The number of hydrogen-bond donors (Lipinski definition) is 2. The number of rotatable bonds is 11. The number of anilines is 1. The summed E-state index contributed by atoms with van der Waals surface area (Å²) in [6.45, 7) is 0.985. The summed E-state index contributed by atoms with van der Waals surface area (Å²) >= 11 is 0. The van der Waals surface area contributed by atoms with E-state index in [0.717, 1.165) is 12.1 Å². The van der Waals surface area contributed by atoms with Gasteiger partial charge in [-0.25, -0.2) is 37.8 Å². The Kier molecular flexibility index (Phi) is 8.08. The van der Waals surface area contributed by atoms with Gasteiger partial charge in [0, 0.05) is 36.5 Å². The van der Waals surface area contributed by atoms with Crippen LogP contribution in [0.15, 0.2) is 73.7 Å². The Morgan fingerprint density at radius 3 is 2.49 bits per heavy atom. The Morgan fingerprint density at radius 1 is 1.00 bits per heavy atom. The number of likely N-dealkylation sites (N-methyl/N-ethyl adjacent to an activating group) is 1. The van der Waals surface area contributed by atoms with E-state index in [-0.39, 0.29) is 30.4 Å². The van der Waals surface area contributed by atoms with Gasteiger partial charge in [0.25, 0.3) is 0 Å². The topological polar surface area (TPSA) is 124 Å². The largest absolute Gasteiger partial charge is 0.382 e. The van der Waals surface area contributed by atoms with Crippen LogP contribution in [0.2, 0.25) is 0 Å².